The molecule has 0 spiro atoms. The number of hydrogen-bond acceptors (Lipinski definition) is 2. The molecule has 0 aliphatic heterocycles. The van der Waals surface area contributed by atoms with Gasteiger partial charge in [0.15, 0.2) is 0 Å². The minimum atomic E-state index is 0.404. The fourth-order valence-corrected chi connectivity index (χ4v) is 2.91. The number of aromatic nitrogens is 2. The predicted molar refractivity (Wildman–Crippen MR) is 81.3 cm³/mol. The van der Waals surface area contributed by atoms with E-state index in [1.165, 1.54) is 12.8 Å². The van der Waals surface area contributed by atoms with Gasteiger partial charge in [-0.3, -0.25) is 0 Å². The van der Waals surface area contributed by atoms with Gasteiger partial charge in [-0.1, -0.05) is 11.6 Å². The van der Waals surface area contributed by atoms with Crippen LogP contribution in [0, 0.1) is 0 Å². The molecular formula is C15H16Cl2N2O. The van der Waals surface area contributed by atoms with Crippen LogP contribution in [0.5, 0.6) is 5.75 Å². The Bertz CT molecular complexity index is 603. The van der Waals surface area contributed by atoms with Crippen LogP contribution in [0.2, 0.25) is 5.15 Å². The van der Waals surface area contributed by atoms with Gasteiger partial charge < -0.3 is 4.74 Å². The zero-order valence-corrected chi connectivity index (χ0v) is 12.8. The molecule has 0 bridgehead atoms. The highest BCUT2D eigenvalue weighted by Crippen LogP contribution is 2.43. The van der Waals surface area contributed by atoms with E-state index in [0.717, 1.165) is 22.7 Å². The molecule has 1 saturated carbocycles. The number of rotatable bonds is 5. The Labute approximate surface area is 128 Å². The van der Waals surface area contributed by atoms with Crippen molar-refractivity contribution < 1.29 is 4.74 Å². The Morgan fingerprint density at radius 3 is 2.55 bits per heavy atom. The lowest BCUT2D eigenvalue weighted by molar-refractivity contribution is 0.340. The summed E-state index contributed by atoms with van der Waals surface area (Å²) in [6, 6.07) is 7.76. The maximum Gasteiger partial charge on any atom is 0.137 e. The van der Waals surface area contributed by atoms with E-state index in [9.17, 15) is 0 Å². The Hall–Kier alpha value is -1.19. The van der Waals surface area contributed by atoms with Gasteiger partial charge in [0.25, 0.3) is 0 Å². The van der Waals surface area contributed by atoms with Crippen LogP contribution in [0.4, 0.5) is 0 Å². The lowest BCUT2D eigenvalue weighted by atomic mass is 10.2. The van der Waals surface area contributed by atoms with Crippen LogP contribution in [-0.4, -0.2) is 16.4 Å². The van der Waals surface area contributed by atoms with Gasteiger partial charge in [0.2, 0.25) is 0 Å². The molecule has 0 radical (unpaired) electrons. The lowest BCUT2D eigenvalue weighted by Crippen LogP contribution is -1.98. The van der Waals surface area contributed by atoms with E-state index in [-0.39, 0.29) is 0 Å². The Balaban J connectivity index is 1.96. The molecule has 1 fully saturated rings. The number of benzene rings is 1. The third-order valence-corrected chi connectivity index (χ3v) is 4.10. The van der Waals surface area contributed by atoms with Crippen molar-refractivity contribution in [2.45, 2.75) is 31.6 Å². The Kier molecular flexibility index (Phi) is 3.90. The summed E-state index contributed by atoms with van der Waals surface area (Å²) in [6.45, 7) is 2.62. The number of alkyl halides is 1. The molecule has 1 aliphatic carbocycles. The van der Waals surface area contributed by atoms with Crippen molar-refractivity contribution in [2.75, 3.05) is 6.61 Å². The van der Waals surface area contributed by atoms with Crippen molar-refractivity contribution >= 4 is 23.2 Å². The minimum Gasteiger partial charge on any atom is -0.494 e. The highest BCUT2D eigenvalue weighted by atomic mass is 35.5. The first-order chi connectivity index (χ1) is 9.74. The molecular weight excluding hydrogens is 295 g/mol. The van der Waals surface area contributed by atoms with E-state index in [2.05, 4.69) is 5.10 Å². The van der Waals surface area contributed by atoms with Crippen molar-refractivity contribution in [3.63, 3.8) is 0 Å². The van der Waals surface area contributed by atoms with Gasteiger partial charge in [0.1, 0.15) is 10.9 Å². The fraction of sp³-hybridized carbons (Fsp3) is 0.400. The molecule has 3 rings (SSSR count). The molecule has 0 saturated heterocycles. The van der Waals surface area contributed by atoms with Crippen LogP contribution < -0.4 is 4.74 Å². The molecule has 5 heteroatoms. The van der Waals surface area contributed by atoms with Crippen LogP contribution >= 0.6 is 23.2 Å². The normalized spacial score (nSPS) is 14.6. The van der Waals surface area contributed by atoms with Crippen LogP contribution in [0.1, 0.15) is 36.9 Å². The maximum absolute atomic E-state index is 6.42. The highest BCUT2D eigenvalue weighted by Gasteiger charge is 2.31. The van der Waals surface area contributed by atoms with E-state index >= 15 is 0 Å². The molecule has 0 atom stereocenters. The largest absolute Gasteiger partial charge is 0.494 e. The molecule has 1 heterocycles. The van der Waals surface area contributed by atoms with E-state index < -0.39 is 0 Å². The average molecular weight is 311 g/mol. The molecule has 3 nitrogen and oxygen atoms in total. The SMILES string of the molecule is CCOc1ccc(-n2nc(C3CC3)c(CCl)c2Cl)cc1. The molecule has 1 aliphatic rings. The lowest BCUT2D eigenvalue weighted by Gasteiger charge is -2.06. The molecule has 2 aromatic rings. The number of nitrogens with zero attached hydrogens (tertiary/aromatic N) is 2. The Morgan fingerprint density at radius 2 is 2.00 bits per heavy atom. The van der Waals surface area contributed by atoms with Crippen LogP contribution in [0.25, 0.3) is 5.69 Å². The third kappa shape index (κ3) is 2.52. The third-order valence-electron chi connectivity index (χ3n) is 3.44. The minimum absolute atomic E-state index is 0.404. The predicted octanol–water partition coefficient (Wildman–Crippen LogP) is 4.54. The zero-order valence-electron chi connectivity index (χ0n) is 11.3. The molecule has 0 amide bonds. The quantitative estimate of drug-likeness (QED) is 0.758. The van der Waals surface area contributed by atoms with Crippen molar-refractivity contribution in [3.8, 4) is 11.4 Å². The summed E-state index contributed by atoms with van der Waals surface area (Å²) in [6.07, 6.45) is 2.36. The number of hydrogen-bond donors (Lipinski definition) is 0. The van der Waals surface area contributed by atoms with E-state index in [1.54, 1.807) is 4.68 Å². The van der Waals surface area contributed by atoms with Gasteiger partial charge in [-0.15, -0.1) is 11.6 Å². The zero-order chi connectivity index (χ0) is 14.1. The van der Waals surface area contributed by atoms with Crippen LogP contribution in [-0.2, 0) is 5.88 Å². The second-order valence-electron chi connectivity index (χ2n) is 4.90. The van der Waals surface area contributed by atoms with Gasteiger partial charge in [0, 0.05) is 11.5 Å². The highest BCUT2D eigenvalue weighted by molar-refractivity contribution is 6.31. The average Bonchev–Trinajstić information content (AvgIpc) is 3.24. The van der Waals surface area contributed by atoms with E-state index in [1.807, 2.05) is 31.2 Å². The van der Waals surface area contributed by atoms with Crippen molar-refractivity contribution in [3.05, 3.63) is 40.7 Å². The molecule has 20 heavy (non-hydrogen) atoms. The fourth-order valence-electron chi connectivity index (χ4n) is 2.28. The molecule has 0 N–H and O–H groups in total. The van der Waals surface area contributed by atoms with E-state index in [4.69, 9.17) is 27.9 Å². The standard InChI is InChI=1S/C15H16Cl2N2O/c1-2-20-12-7-5-11(6-8-12)19-15(17)13(9-16)14(18-19)10-3-4-10/h5-8,10H,2-4,9H2,1H3. The maximum atomic E-state index is 6.42. The van der Waals surface area contributed by atoms with Gasteiger partial charge in [0.05, 0.1) is 23.9 Å². The molecule has 0 unspecified atom stereocenters. The number of halogens is 2. The van der Waals surface area contributed by atoms with E-state index in [0.29, 0.717) is 23.6 Å². The van der Waals surface area contributed by atoms with Gasteiger partial charge >= 0.3 is 0 Å². The van der Waals surface area contributed by atoms with Gasteiger partial charge in [-0.05, 0) is 44.0 Å². The smallest absolute Gasteiger partial charge is 0.137 e. The summed E-state index contributed by atoms with van der Waals surface area (Å²) < 4.78 is 7.21. The second kappa shape index (κ2) is 5.66. The first kappa shape index (κ1) is 13.8. The number of ether oxygens (including phenoxy) is 1. The summed E-state index contributed by atoms with van der Waals surface area (Å²) >= 11 is 12.4. The topological polar surface area (TPSA) is 27.1 Å². The summed E-state index contributed by atoms with van der Waals surface area (Å²) in [5.74, 6) is 1.78. The second-order valence-corrected chi connectivity index (χ2v) is 5.53. The molecule has 106 valence electrons. The first-order valence-corrected chi connectivity index (χ1v) is 7.72. The summed E-state index contributed by atoms with van der Waals surface area (Å²) in [4.78, 5) is 0. The van der Waals surface area contributed by atoms with Crippen molar-refractivity contribution in [1.29, 1.82) is 0 Å². The monoisotopic (exact) mass is 310 g/mol. The van der Waals surface area contributed by atoms with Crippen LogP contribution in [0.15, 0.2) is 24.3 Å². The Morgan fingerprint density at radius 1 is 1.30 bits per heavy atom. The van der Waals surface area contributed by atoms with Crippen molar-refractivity contribution in [2.24, 2.45) is 0 Å². The van der Waals surface area contributed by atoms with Gasteiger partial charge in [-0.25, -0.2) is 4.68 Å². The summed E-state index contributed by atoms with van der Waals surface area (Å²) in [7, 11) is 0. The molecule has 1 aromatic heterocycles. The van der Waals surface area contributed by atoms with Crippen LogP contribution in [0.3, 0.4) is 0 Å². The first-order valence-electron chi connectivity index (χ1n) is 6.81. The van der Waals surface area contributed by atoms with Crippen molar-refractivity contribution in [1.82, 2.24) is 9.78 Å². The summed E-state index contributed by atoms with van der Waals surface area (Å²) in [5.41, 5.74) is 2.94. The molecule has 1 aromatic carbocycles. The van der Waals surface area contributed by atoms with Gasteiger partial charge in [-0.2, -0.15) is 5.10 Å². The summed E-state index contributed by atoms with van der Waals surface area (Å²) in [5, 5.41) is 5.26.